The summed E-state index contributed by atoms with van der Waals surface area (Å²) in [7, 11) is 0. The third-order valence-corrected chi connectivity index (χ3v) is 3.59. The van der Waals surface area contributed by atoms with E-state index in [0.717, 1.165) is 36.8 Å². The van der Waals surface area contributed by atoms with E-state index >= 15 is 0 Å². The van der Waals surface area contributed by atoms with Crippen LogP contribution in [0.25, 0.3) is 0 Å². The average Bonchev–Trinajstić information content (AvgIpc) is 2.46. The first-order valence-corrected chi connectivity index (χ1v) is 6.70. The van der Waals surface area contributed by atoms with Crippen molar-refractivity contribution in [1.82, 2.24) is 4.90 Å². The number of hydrogen-bond acceptors (Lipinski definition) is 4. The van der Waals surface area contributed by atoms with Gasteiger partial charge >= 0.3 is 0 Å². The summed E-state index contributed by atoms with van der Waals surface area (Å²) < 4.78 is 11.1. The number of amides is 1. The molecule has 0 atom stereocenters. The first kappa shape index (κ1) is 12.1. The number of carbonyl (C=O) groups is 1. The molecule has 2 aliphatic rings. The number of nitrogens with zero attached hydrogens (tertiary/aromatic N) is 2. The van der Waals surface area contributed by atoms with Gasteiger partial charge in [0, 0.05) is 31.4 Å². The Morgan fingerprint density at radius 2 is 1.95 bits per heavy atom. The van der Waals surface area contributed by atoms with E-state index in [1.54, 1.807) is 0 Å². The van der Waals surface area contributed by atoms with Gasteiger partial charge in [-0.15, -0.1) is 0 Å². The van der Waals surface area contributed by atoms with Gasteiger partial charge in [0.25, 0.3) is 0 Å². The molecule has 102 valence electrons. The number of carbonyl (C=O) groups excluding carboxylic acids is 1. The largest absolute Gasteiger partial charge is 0.486 e. The number of fused-ring (bicyclic) bond motifs is 1. The first-order chi connectivity index (χ1) is 9.28. The Labute approximate surface area is 112 Å². The number of piperazine rings is 1. The van der Waals surface area contributed by atoms with Gasteiger partial charge in [-0.25, -0.2) is 0 Å². The van der Waals surface area contributed by atoms with Gasteiger partial charge in [-0.3, -0.25) is 4.79 Å². The highest BCUT2D eigenvalue weighted by atomic mass is 16.6. The van der Waals surface area contributed by atoms with Crippen LogP contribution in [0.5, 0.6) is 11.5 Å². The monoisotopic (exact) mass is 262 g/mol. The average molecular weight is 262 g/mol. The number of rotatable bonds is 2. The molecule has 2 aliphatic heterocycles. The van der Waals surface area contributed by atoms with Crippen LogP contribution in [0.15, 0.2) is 18.2 Å². The van der Waals surface area contributed by atoms with E-state index in [9.17, 15) is 4.79 Å². The summed E-state index contributed by atoms with van der Waals surface area (Å²) in [6.07, 6.45) is 0. The zero-order valence-electron chi connectivity index (χ0n) is 11.1. The molecule has 1 amide bonds. The van der Waals surface area contributed by atoms with E-state index in [1.165, 1.54) is 0 Å². The predicted molar refractivity (Wildman–Crippen MR) is 71.9 cm³/mol. The predicted octanol–water partition coefficient (Wildman–Crippen LogP) is 1.13. The second kappa shape index (κ2) is 4.99. The summed E-state index contributed by atoms with van der Waals surface area (Å²) in [5.74, 6) is 1.74. The van der Waals surface area contributed by atoms with Gasteiger partial charge in [0.15, 0.2) is 11.5 Å². The van der Waals surface area contributed by atoms with Gasteiger partial charge in [0.1, 0.15) is 13.2 Å². The Morgan fingerprint density at radius 1 is 1.16 bits per heavy atom. The lowest BCUT2D eigenvalue weighted by atomic mass is 10.2. The summed E-state index contributed by atoms with van der Waals surface area (Å²) in [6, 6.07) is 5.87. The molecule has 0 unspecified atom stereocenters. The first-order valence-electron chi connectivity index (χ1n) is 6.70. The quantitative estimate of drug-likeness (QED) is 0.801. The molecule has 1 aromatic rings. The molecule has 1 aromatic carbocycles. The minimum absolute atomic E-state index is 0.184. The molecule has 0 saturated carbocycles. The van der Waals surface area contributed by atoms with Crippen molar-refractivity contribution in [3.63, 3.8) is 0 Å². The Bertz CT molecular complexity index is 490. The highest BCUT2D eigenvalue weighted by Gasteiger charge is 2.24. The topological polar surface area (TPSA) is 42.0 Å². The van der Waals surface area contributed by atoms with E-state index in [0.29, 0.717) is 19.8 Å². The van der Waals surface area contributed by atoms with Crippen molar-refractivity contribution < 1.29 is 14.3 Å². The minimum Gasteiger partial charge on any atom is -0.486 e. The van der Waals surface area contributed by atoms with Crippen molar-refractivity contribution in [2.45, 2.75) is 6.92 Å². The van der Waals surface area contributed by atoms with Crippen LogP contribution in [0.1, 0.15) is 6.92 Å². The minimum atomic E-state index is 0.184. The SMILES string of the molecule is CCN1CCN(c2ccc3c(c2)OCCO3)CC1=O. The third kappa shape index (κ3) is 2.32. The fraction of sp³-hybridized carbons (Fsp3) is 0.500. The van der Waals surface area contributed by atoms with Gasteiger partial charge in [-0.05, 0) is 19.1 Å². The van der Waals surface area contributed by atoms with Gasteiger partial charge in [0.05, 0.1) is 6.54 Å². The van der Waals surface area contributed by atoms with Crippen molar-refractivity contribution in [2.75, 3.05) is 44.3 Å². The molecule has 0 aromatic heterocycles. The number of anilines is 1. The van der Waals surface area contributed by atoms with Crippen LogP contribution in [0.3, 0.4) is 0 Å². The van der Waals surface area contributed by atoms with Crippen LogP contribution in [-0.4, -0.2) is 50.2 Å². The highest BCUT2D eigenvalue weighted by molar-refractivity contribution is 5.83. The van der Waals surface area contributed by atoms with Crippen molar-refractivity contribution in [3.05, 3.63) is 18.2 Å². The van der Waals surface area contributed by atoms with Crippen LogP contribution >= 0.6 is 0 Å². The molecule has 0 radical (unpaired) electrons. The van der Waals surface area contributed by atoms with Crippen molar-refractivity contribution in [3.8, 4) is 11.5 Å². The molecule has 0 aliphatic carbocycles. The molecule has 1 fully saturated rings. The molecule has 0 spiro atoms. The van der Waals surface area contributed by atoms with Crippen LogP contribution in [0.2, 0.25) is 0 Å². The van der Waals surface area contributed by atoms with E-state index in [-0.39, 0.29) is 5.91 Å². The summed E-state index contributed by atoms with van der Waals surface area (Å²) in [6.45, 7) is 6.06. The van der Waals surface area contributed by atoms with E-state index in [1.807, 2.05) is 30.0 Å². The standard InChI is InChI=1S/C14H18N2O3/c1-2-15-5-6-16(10-14(15)17)11-3-4-12-13(9-11)19-8-7-18-12/h3-4,9H,2,5-8,10H2,1H3. The maximum atomic E-state index is 11.9. The number of ether oxygens (including phenoxy) is 2. The third-order valence-electron chi connectivity index (χ3n) is 3.59. The van der Waals surface area contributed by atoms with Gasteiger partial charge in [-0.2, -0.15) is 0 Å². The summed E-state index contributed by atoms with van der Waals surface area (Å²) in [5.41, 5.74) is 1.02. The van der Waals surface area contributed by atoms with Crippen LogP contribution in [-0.2, 0) is 4.79 Å². The zero-order chi connectivity index (χ0) is 13.2. The molecule has 5 heteroatoms. The maximum absolute atomic E-state index is 11.9. The molecule has 2 heterocycles. The van der Waals surface area contributed by atoms with Crippen LogP contribution in [0.4, 0.5) is 5.69 Å². The molecular weight excluding hydrogens is 244 g/mol. The Kier molecular flexibility index (Phi) is 3.19. The van der Waals surface area contributed by atoms with E-state index in [4.69, 9.17) is 9.47 Å². The molecule has 5 nitrogen and oxygen atoms in total. The molecular formula is C14H18N2O3. The molecule has 19 heavy (non-hydrogen) atoms. The Hall–Kier alpha value is -1.91. The van der Waals surface area contributed by atoms with Gasteiger partial charge < -0.3 is 19.3 Å². The van der Waals surface area contributed by atoms with Crippen molar-refractivity contribution in [1.29, 1.82) is 0 Å². The highest BCUT2D eigenvalue weighted by Crippen LogP contribution is 2.34. The fourth-order valence-electron chi connectivity index (χ4n) is 2.49. The number of likely N-dealkylation sites (N-methyl/N-ethyl adjacent to an activating group) is 1. The smallest absolute Gasteiger partial charge is 0.242 e. The van der Waals surface area contributed by atoms with Crippen molar-refractivity contribution in [2.24, 2.45) is 0 Å². The zero-order valence-corrected chi connectivity index (χ0v) is 11.1. The summed E-state index contributed by atoms with van der Waals surface area (Å²) in [5, 5.41) is 0. The maximum Gasteiger partial charge on any atom is 0.242 e. The Morgan fingerprint density at radius 3 is 2.68 bits per heavy atom. The second-order valence-electron chi connectivity index (χ2n) is 4.72. The molecule has 3 rings (SSSR count). The van der Waals surface area contributed by atoms with Gasteiger partial charge in [-0.1, -0.05) is 0 Å². The summed E-state index contributed by atoms with van der Waals surface area (Å²) >= 11 is 0. The van der Waals surface area contributed by atoms with Crippen LogP contribution in [0, 0.1) is 0 Å². The molecule has 0 N–H and O–H groups in total. The van der Waals surface area contributed by atoms with Crippen LogP contribution < -0.4 is 14.4 Å². The lowest BCUT2D eigenvalue weighted by Gasteiger charge is -2.35. The summed E-state index contributed by atoms with van der Waals surface area (Å²) in [4.78, 5) is 15.9. The van der Waals surface area contributed by atoms with E-state index < -0.39 is 0 Å². The van der Waals surface area contributed by atoms with Gasteiger partial charge in [0.2, 0.25) is 5.91 Å². The number of benzene rings is 1. The fourth-order valence-corrected chi connectivity index (χ4v) is 2.49. The number of hydrogen-bond donors (Lipinski definition) is 0. The van der Waals surface area contributed by atoms with Crippen molar-refractivity contribution >= 4 is 11.6 Å². The lowest BCUT2D eigenvalue weighted by Crippen LogP contribution is -2.50. The van der Waals surface area contributed by atoms with E-state index in [2.05, 4.69) is 4.90 Å². The second-order valence-corrected chi connectivity index (χ2v) is 4.72. The normalized spacial score (nSPS) is 18.7. The molecule has 1 saturated heterocycles. The lowest BCUT2D eigenvalue weighted by molar-refractivity contribution is -0.130. The Balaban J connectivity index is 1.78. The molecule has 0 bridgehead atoms.